The molecular formula is C29H38O10. The summed E-state index contributed by atoms with van der Waals surface area (Å²) in [6.45, 7) is 6.07. The van der Waals surface area contributed by atoms with Crippen LogP contribution in [0.25, 0.3) is 0 Å². The topological polar surface area (TPSA) is 155 Å². The van der Waals surface area contributed by atoms with Crippen LogP contribution >= 0.6 is 0 Å². The van der Waals surface area contributed by atoms with Crippen LogP contribution in [0, 0.1) is 10.8 Å². The zero-order valence-electron chi connectivity index (χ0n) is 22.5. The minimum Gasteiger partial charge on any atom is -0.478 e. The number of allylic oxidation sites excluding steroid dienone is 3. The zero-order chi connectivity index (χ0) is 28.2. The van der Waals surface area contributed by atoms with Crippen molar-refractivity contribution in [1.82, 2.24) is 0 Å². The number of hydrogen-bond acceptors (Lipinski definition) is 9. The smallest absolute Gasteiger partial charge is 0.331 e. The summed E-state index contributed by atoms with van der Waals surface area (Å²) in [5.41, 5.74) is -1.96. The van der Waals surface area contributed by atoms with Gasteiger partial charge in [-0.25, -0.2) is 9.59 Å². The van der Waals surface area contributed by atoms with E-state index in [0.717, 1.165) is 12.5 Å². The Balaban J connectivity index is 1.33. The number of aliphatic carboxylic acids is 1. The molecule has 1 saturated carbocycles. The standard InChI is InChI=1S/C29H38O10/c1-17-7-10-27(15-30)21(12-17)38-22-14-20(26(27,3)29(22)16-37-29)39-24(34)6-4-5-9-28(18(2)31)25(35)19(8-11-36-28)13-23(32)33/h4-6,9,12-13,18,20-22,25,30-31,35H,7-8,10-11,14-16H2,1-3H3,(H,32,33)/b6-4-,9-5+,19-13+/t18-,20+,21+,22-,25-,26+,27+,28?,29-/m0/s1. The highest BCUT2D eigenvalue weighted by molar-refractivity contribution is 5.82. The number of carbonyl (C=O) groups excluding carboxylic acids is 1. The summed E-state index contributed by atoms with van der Waals surface area (Å²) >= 11 is 0. The van der Waals surface area contributed by atoms with Gasteiger partial charge in [0.25, 0.3) is 0 Å². The van der Waals surface area contributed by atoms with Crippen LogP contribution in [0.4, 0.5) is 0 Å². The Morgan fingerprint density at radius 1 is 1.26 bits per heavy atom. The molecule has 39 heavy (non-hydrogen) atoms. The molecule has 0 aromatic carbocycles. The third-order valence-electron chi connectivity index (χ3n) is 9.94. The predicted octanol–water partition coefficient (Wildman–Crippen LogP) is 1.59. The summed E-state index contributed by atoms with van der Waals surface area (Å²) in [5, 5.41) is 41.0. The van der Waals surface area contributed by atoms with Crippen LogP contribution in [0.2, 0.25) is 0 Å². The zero-order valence-corrected chi connectivity index (χ0v) is 22.5. The Morgan fingerprint density at radius 3 is 2.64 bits per heavy atom. The second-order valence-corrected chi connectivity index (χ2v) is 11.7. The summed E-state index contributed by atoms with van der Waals surface area (Å²) in [7, 11) is 0. The summed E-state index contributed by atoms with van der Waals surface area (Å²) in [6, 6.07) is 0. The fourth-order valence-electron chi connectivity index (χ4n) is 7.47. The Labute approximate surface area is 227 Å². The lowest BCUT2D eigenvalue weighted by molar-refractivity contribution is -0.228. The van der Waals surface area contributed by atoms with Gasteiger partial charge in [0.05, 0.1) is 38.1 Å². The van der Waals surface area contributed by atoms with Gasteiger partial charge in [0.2, 0.25) is 0 Å². The van der Waals surface area contributed by atoms with E-state index in [-0.39, 0.29) is 37.4 Å². The van der Waals surface area contributed by atoms with Gasteiger partial charge < -0.3 is 39.4 Å². The third-order valence-corrected chi connectivity index (χ3v) is 9.94. The number of carboxylic acids is 1. The first-order valence-corrected chi connectivity index (χ1v) is 13.5. The molecule has 0 radical (unpaired) electrons. The monoisotopic (exact) mass is 546 g/mol. The quantitative estimate of drug-likeness (QED) is 0.122. The average Bonchev–Trinajstić information content (AvgIpc) is 3.66. The van der Waals surface area contributed by atoms with Gasteiger partial charge in [-0.15, -0.1) is 0 Å². The van der Waals surface area contributed by atoms with Gasteiger partial charge >= 0.3 is 11.9 Å². The number of carbonyl (C=O) groups is 2. The van der Waals surface area contributed by atoms with Gasteiger partial charge in [0.15, 0.2) is 0 Å². The van der Waals surface area contributed by atoms with E-state index in [0.29, 0.717) is 19.4 Å². The number of aliphatic hydroxyl groups excluding tert-OH is 3. The van der Waals surface area contributed by atoms with Crippen LogP contribution in [0.3, 0.4) is 0 Å². The molecule has 9 atom stereocenters. The van der Waals surface area contributed by atoms with Crippen LogP contribution in [-0.2, 0) is 28.5 Å². The number of hydrogen-bond donors (Lipinski definition) is 4. The van der Waals surface area contributed by atoms with Crippen molar-refractivity contribution in [2.75, 3.05) is 19.8 Å². The van der Waals surface area contributed by atoms with Crippen molar-refractivity contribution >= 4 is 11.9 Å². The minimum absolute atomic E-state index is 0.107. The van der Waals surface area contributed by atoms with Crippen LogP contribution < -0.4 is 0 Å². The highest BCUT2D eigenvalue weighted by Gasteiger charge is 2.82. The molecule has 5 rings (SSSR count). The third kappa shape index (κ3) is 4.15. The number of ether oxygens (including phenoxy) is 4. The normalized spacial score (nSPS) is 45.0. The van der Waals surface area contributed by atoms with E-state index in [1.54, 1.807) is 0 Å². The molecular weight excluding hydrogens is 508 g/mol. The number of fused-ring (bicyclic) bond motifs is 2. The Hall–Kier alpha value is -2.34. The maximum atomic E-state index is 13.0. The molecule has 1 unspecified atom stereocenters. The highest BCUT2D eigenvalue weighted by atomic mass is 16.6. The Kier molecular flexibility index (Phi) is 7.18. The number of esters is 1. The molecule has 10 heteroatoms. The summed E-state index contributed by atoms with van der Waals surface area (Å²) < 4.78 is 24.2. The predicted molar refractivity (Wildman–Crippen MR) is 137 cm³/mol. The van der Waals surface area contributed by atoms with Crippen molar-refractivity contribution in [1.29, 1.82) is 0 Å². The molecule has 0 amide bonds. The van der Waals surface area contributed by atoms with E-state index in [2.05, 4.69) is 19.9 Å². The van der Waals surface area contributed by atoms with Gasteiger partial charge in [-0.05, 0) is 44.8 Å². The van der Waals surface area contributed by atoms with E-state index in [4.69, 9.17) is 24.1 Å². The lowest BCUT2D eigenvalue weighted by Gasteiger charge is -2.58. The van der Waals surface area contributed by atoms with Crippen molar-refractivity contribution in [3.8, 4) is 0 Å². The van der Waals surface area contributed by atoms with Gasteiger partial charge in [-0.3, -0.25) is 0 Å². The van der Waals surface area contributed by atoms with E-state index >= 15 is 0 Å². The largest absolute Gasteiger partial charge is 0.478 e. The second kappa shape index (κ2) is 9.94. The summed E-state index contributed by atoms with van der Waals surface area (Å²) in [4.78, 5) is 24.1. The Morgan fingerprint density at radius 2 is 2.00 bits per heavy atom. The van der Waals surface area contributed by atoms with Crippen LogP contribution in [0.15, 0.2) is 47.6 Å². The lowest BCUT2D eigenvalue weighted by atomic mass is 9.51. The number of rotatable bonds is 7. The lowest BCUT2D eigenvalue weighted by Crippen LogP contribution is -2.66. The number of aliphatic hydroxyl groups is 3. The molecule has 3 saturated heterocycles. The molecule has 0 aromatic heterocycles. The maximum Gasteiger partial charge on any atom is 0.331 e. The van der Waals surface area contributed by atoms with Crippen molar-refractivity contribution in [2.24, 2.45) is 10.8 Å². The molecule has 2 aliphatic carbocycles. The molecule has 1 spiro atoms. The van der Waals surface area contributed by atoms with Crippen molar-refractivity contribution < 1.29 is 49.0 Å². The minimum atomic E-state index is -1.56. The van der Waals surface area contributed by atoms with Gasteiger partial charge in [-0.2, -0.15) is 0 Å². The average molecular weight is 547 g/mol. The molecule has 3 heterocycles. The first kappa shape index (κ1) is 28.2. The van der Waals surface area contributed by atoms with Gasteiger partial charge in [0.1, 0.15) is 23.4 Å². The maximum absolute atomic E-state index is 13.0. The van der Waals surface area contributed by atoms with E-state index < -0.39 is 52.3 Å². The fraction of sp³-hybridized carbons (Fsp3) is 0.655. The molecule has 10 nitrogen and oxygen atoms in total. The van der Waals surface area contributed by atoms with Gasteiger partial charge in [-0.1, -0.05) is 30.7 Å². The van der Waals surface area contributed by atoms with E-state index in [9.17, 15) is 24.9 Å². The molecule has 3 aliphatic heterocycles. The Bertz CT molecular complexity index is 1130. The van der Waals surface area contributed by atoms with Crippen LogP contribution in [-0.4, -0.2) is 93.9 Å². The van der Waals surface area contributed by atoms with E-state index in [1.807, 2.05) is 0 Å². The number of epoxide rings is 1. The molecule has 4 fully saturated rings. The molecule has 2 bridgehead atoms. The van der Waals surface area contributed by atoms with Crippen molar-refractivity contribution in [3.05, 3.63) is 47.6 Å². The number of carboxylic acid groups (broad SMARTS) is 1. The van der Waals surface area contributed by atoms with Crippen LogP contribution in [0.1, 0.15) is 46.5 Å². The molecule has 5 aliphatic rings. The van der Waals surface area contributed by atoms with Gasteiger partial charge in [0, 0.05) is 29.4 Å². The summed E-state index contributed by atoms with van der Waals surface area (Å²) in [5.74, 6) is -1.77. The van der Waals surface area contributed by atoms with Crippen LogP contribution in [0.5, 0.6) is 0 Å². The van der Waals surface area contributed by atoms with Crippen molar-refractivity contribution in [2.45, 2.75) is 88.2 Å². The molecule has 214 valence electrons. The van der Waals surface area contributed by atoms with E-state index in [1.165, 1.54) is 36.8 Å². The second-order valence-electron chi connectivity index (χ2n) is 11.7. The SMILES string of the molecule is CC1=C[C@H]2O[C@H]3C[C@@H](OC(=O)/C=C\C=C\C4([C@H](C)O)OCC/C(=C\C(=O)O)[C@@H]4O)[C@](C)([C@@]2(CO)CC1)[C@]31CO1. The first-order chi connectivity index (χ1) is 18.5. The van der Waals surface area contributed by atoms with Crippen molar-refractivity contribution in [3.63, 3.8) is 0 Å². The highest BCUT2D eigenvalue weighted by Crippen LogP contribution is 2.71. The fourth-order valence-corrected chi connectivity index (χ4v) is 7.47. The molecule has 4 N–H and O–H groups in total. The molecule has 0 aromatic rings. The first-order valence-electron chi connectivity index (χ1n) is 13.5. The summed E-state index contributed by atoms with van der Waals surface area (Å²) in [6.07, 6.45) is 7.24.